The minimum atomic E-state index is -5.14. The zero-order valence-corrected chi connectivity index (χ0v) is 11.6. The summed E-state index contributed by atoms with van der Waals surface area (Å²) in [4.78, 5) is 13.9. The summed E-state index contributed by atoms with van der Waals surface area (Å²) in [6.45, 7) is 0. The average molecular weight is 382 g/mol. The third kappa shape index (κ3) is 51.8. The Morgan fingerprint density at radius 3 is 1.29 bits per heavy atom. The normalized spacial score (nSPS) is 8.43. The summed E-state index contributed by atoms with van der Waals surface area (Å²) in [5.74, 6) is 0. The molecular formula is H2FO3PPr2. The second-order valence-corrected chi connectivity index (χ2v) is 1.42. The molecule has 0 heterocycles. The molecule has 0 amide bonds. The predicted octanol–water partition coefficient (Wildman–Crippen LogP) is 0.0486. The molecule has 0 spiro atoms. The SMILES string of the molecule is O=P(O)(O)F.[Pr].[Pr]. The molecule has 0 aliphatic carbocycles. The van der Waals surface area contributed by atoms with Crippen molar-refractivity contribution in [1.29, 1.82) is 0 Å². The molecular weight excluding hydrogens is 380 g/mol. The van der Waals surface area contributed by atoms with Crippen LogP contribution in [0.15, 0.2) is 0 Å². The molecule has 38 valence electrons. The summed E-state index contributed by atoms with van der Waals surface area (Å²) < 4.78 is 19.0. The smallest absolute Gasteiger partial charge is 0.299 e. The van der Waals surface area contributed by atoms with Gasteiger partial charge in [-0.05, 0) is 0 Å². The molecule has 0 fully saturated rings. The topological polar surface area (TPSA) is 57.5 Å². The van der Waals surface area contributed by atoms with Gasteiger partial charge in [0.05, 0.1) is 0 Å². The maximum absolute atomic E-state index is 10.4. The molecule has 0 bridgehead atoms. The minimum absolute atomic E-state index is 0. The van der Waals surface area contributed by atoms with E-state index in [-0.39, 0.29) is 82.6 Å². The van der Waals surface area contributed by atoms with Crippen LogP contribution >= 0.6 is 7.91 Å². The number of halogens is 1. The van der Waals surface area contributed by atoms with Gasteiger partial charge in [-0.2, -0.15) is 0 Å². The Balaban J connectivity index is -0.0000000800. The molecule has 7 heavy (non-hydrogen) atoms. The van der Waals surface area contributed by atoms with Gasteiger partial charge in [0, 0.05) is 82.6 Å². The van der Waals surface area contributed by atoms with Crippen molar-refractivity contribution in [3.8, 4) is 0 Å². The monoisotopic (exact) mass is 382 g/mol. The van der Waals surface area contributed by atoms with Gasteiger partial charge in [-0.1, -0.05) is 0 Å². The van der Waals surface area contributed by atoms with Crippen LogP contribution in [0.2, 0.25) is 0 Å². The van der Waals surface area contributed by atoms with Gasteiger partial charge in [-0.3, -0.25) is 9.79 Å². The fourth-order valence-corrected chi connectivity index (χ4v) is 0. The van der Waals surface area contributed by atoms with Crippen molar-refractivity contribution in [2.45, 2.75) is 0 Å². The molecule has 0 rings (SSSR count). The third-order valence-electron chi connectivity index (χ3n) is 0. The van der Waals surface area contributed by atoms with E-state index in [0.29, 0.717) is 0 Å². The summed E-state index contributed by atoms with van der Waals surface area (Å²) in [6, 6.07) is 0. The Morgan fingerprint density at radius 2 is 1.29 bits per heavy atom. The maximum atomic E-state index is 10.4. The van der Waals surface area contributed by atoms with Crippen molar-refractivity contribution in [3.05, 3.63) is 0 Å². The molecule has 2 radical (unpaired) electrons. The van der Waals surface area contributed by atoms with Crippen LogP contribution in [-0.2, 0) is 4.57 Å². The molecule has 0 aliphatic heterocycles. The van der Waals surface area contributed by atoms with Crippen molar-refractivity contribution in [2.24, 2.45) is 0 Å². The molecule has 0 atom stereocenters. The number of rotatable bonds is 0. The van der Waals surface area contributed by atoms with Gasteiger partial charge in [-0.25, -0.2) is 4.57 Å². The van der Waals surface area contributed by atoms with Gasteiger partial charge in [0.15, 0.2) is 0 Å². The molecule has 0 aliphatic rings. The standard InChI is InChI=1S/FH2O3P.2Pr/c1-5(2,3)4;;/h(H2,2,3,4);;. The first kappa shape index (κ1) is 16.4. The molecule has 3 nitrogen and oxygen atoms in total. The van der Waals surface area contributed by atoms with Gasteiger partial charge >= 0.3 is 7.91 Å². The maximum Gasteiger partial charge on any atom is 0.507 e. The Kier molecular flexibility index (Phi) is 16.2. The van der Waals surface area contributed by atoms with Crippen molar-refractivity contribution in [2.75, 3.05) is 0 Å². The first-order valence-electron chi connectivity index (χ1n) is 0.752. The van der Waals surface area contributed by atoms with Crippen LogP contribution in [0.3, 0.4) is 0 Å². The molecule has 2 N–H and O–H groups in total. The third-order valence-corrected chi connectivity index (χ3v) is 0. The van der Waals surface area contributed by atoms with Crippen LogP contribution in [0.1, 0.15) is 0 Å². The first-order chi connectivity index (χ1) is 2.00. The fraction of sp³-hybridized carbons (Fsp3) is 0. The van der Waals surface area contributed by atoms with E-state index in [9.17, 15) is 4.20 Å². The zero-order valence-electron chi connectivity index (χ0n) is 3.28. The molecule has 0 unspecified atom stereocenters. The van der Waals surface area contributed by atoms with Crippen molar-refractivity contribution < 1.29 is 101 Å². The predicted molar refractivity (Wildman–Crippen MR) is 13.2 cm³/mol. The summed E-state index contributed by atoms with van der Waals surface area (Å²) in [5.41, 5.74) is 0. The van der Waals surface area contributed by atoms with Crippen LogP contribution in [0, 0.1) is 82.6 Å². The second-order valence-electron chi connectivity index (χ2n) is 0.473. The van der Waals surface area contributed by atoms with Gasteiger partial charge in [0.2, 0.25) is 0 Å². The summed E-state index contributed by atoms with van der Waals surface area (Å²) in [6.07, 6.45) is 0. The van der Waals surface area contributed by atoms with Gasteiger partial charge in [-0.15, -0.1) is 4.20 Å². The van der Waals surface area contributed by atoms with Crippen LogP contribution in [0.5, 0.6) is 0 Å². The molecule has 0 aromatic carbocycles. The van der Waals surface area contributed by atoms with E-state index >= 15 is 0 Å². The largest absolute Gasteiger partial charge is 0.507 e. The van der Waals surface area contributed by atoms with Crippen molar-refractivity contribution in [3.63, 3.8) is 0 Å². The molecule has 0 saturated carbocycles. The quantitative estimate of drug-likeness (QED) is 0.583. The number of hydrogen-bond acceptors (Lipinski definition) is 1. The first-order valence-corrected chi connectivity index (χ1v) is 2.25. The van der Waals surface area contributed by atoms with Crippen LogP contribution in [-0.4, -0.2) is 9.79 Å². The average Bonchev–Trinajstić information content (AvgIpc) is 0.722. The Bertz CT molecular complexity index is 59.1. The van der Waals surface area contributed by atoms with Crippen LogP contribution in [0.4, 0.5) is 4.20 Å². The second kappa shape index (κ2) is 6.92. The Labute approximate surface area is 107 Å². The fourth-order valence-electron chi connectivity index (χ4n) is 0. The number of hydrogen-bond donors (Lipinski definition) is 2. The molecule has 0 saturated heterocycles. The van der Waals surface area contributed by atoms with Gasteiger partial charge in [0.1, 0.15) is 0 Å². The molecule has 0 aromatic heterocycles. The Hall–Kier alpha value is 2.81. The van der Waals surface area contributed by atoms with Gasteiger partial charge < -0.3 is 0 Å². The summed E-state index contributed by atoms with van der Waals surface area (Å²) in [5, 5.41) is 0. The van der Waals surface area contributed by atoms with E-state index in [1.165, 1.54) is 0 Å². The van der Waals surface area contributed by atoms with E-state index < -0.39 is 7.91 Å². The van der Waals surface area contributed by atoms with Gasteiger partial charge in [0.25, 0.3) is 0 Å². The van der Waals surface area contributed by atoms with Crippen LogP contribution < -0.4 is 0 Å². The van der Waals surface area contributed by atoms with Crippen molar-refractivity contribution >= 4 is 7.91 Å². The molecule has 7 heteroatoms. The minimum Gasteiger partial charge on any atom is -0.299 e. The van der Waals surface area contributed by atoms with E-state index in [1.807, 2.05) is 0 Å². The Morgan fingerprint density at radius 1 is 1.29 bits per heavy atom. The molecule has 0 aromatic rings. The summed E-state index contributed by atoms with van der Waals surface area (Å²) >= 11 is 0. The van der Waals surface area contributed by atoms with E-state index in [4.69, 9.17) is 14.4 Å². The van der Waals surface area contributed by atoms with E-state index in [0.717, 1.165) is 0 Å². The van der Waals surface area contributed by atoms with Crippen molar-refractivity contribution in [1.82, 2.24) is 0 Å². The van der Waals surface area contributed by atoms with E-state index in [1.54, 1.807) is 0 Å². The van der Waals surface area contributed by atoms with E-state index in [2.05, 4.69) is 0 Å². The zero-order chi connectivity index (χ0) is 4.50. The summed E-state index contributed by atoms with van der Waals surface area (Å²) in [7, 11) is -5.14. The van der Waals surface area contributed by atoms with Crippen LogP contribution in [0.25, 0.3) is 0 Å².